The predicted octanol–water partition coefficient (Wildman–Crippen LogP) is 3.17. The lowest BCUT2D eigenvalue weighted by molar-refractivity contribution is -0.114. The number of benzene rings is 2. The third-order valence-corrected chi connectivity index (χ3v) is 3.93. The number of ether oxygens (including phenoxy) is 1. The number of amides is 1. The van der Waals surface area contributed by atoms with Crippen LogP contribution in [0.1, 0.15) is 12.6 Å². The van der Waals surface area contributed by atoms with Gasteiger partial charge >= 0.3 is 0 Å². The highest BCUT2D eigenvalue weighted by molar-refractivity contribution is 5.93. The number of anilines is 1. The fraction of sp³-hybridized carbons (Fsp3) is 0.150. The van der Waals surface area contributed by atoms with Gasteiger partial charge in [0, 0.05) is 6.92 Å². The van der Waals surface area contributed by atoms with Crippen LogP contribution in [0.5, 0.6) is 5.75 Å². The molecule has 0 fully saturated rings. The lowest BCUT2D eigenvalue weighted by atomic mass is 10.0. The minimum absolute atomic E-state index is 0.230. The van der Waals surface area contributed by atoms with E-state index in [0.717, 1.165) is 5.69 Å². The van der Waals surface area contributed by atoms with E-state index in [9.17, 15) is 9.59 Å². The van der Waals surface area contributed by atoms with Crippen molar-refractivity contribution in [1.29, 1.82) is 0 Å². The average Bonchev–Trinajstić information content (AvgIpc) is 2.65. The summed E-state index contributed by atoms with van der Waals surface area (Å²) in [7, 11) is 1.58. The molecule has 0 unspecified atom stereocenters. The number of methoxy groups -OCH3 is 1. The molecule has 1 aromatic heterocycles. The lowest BCUT2D eigenvalue weighted by Crippen LogP contribution is -2.23. The Hall–Kier alpha value is -3.41. The van der Waals surface area contributed by atoms with E-state index in [-0.39, 0.29) is 11.3 Å². The molecule has 0 aliphatic carbocycles. The molecule has 2 aromatic carbocycles. The summed E-state index contributed by atoms with van der Waals surface area (Å²) in [5, 5.41) is 7.15. The van der Waals surface area contributed by atoms with Crippen LogP contribution < -0.4 is 15.5 Å². The van der Waals surface area contributed by atoms with Gasteiger partial charge in [-0.25, -0.2) is 4.68 Å². The minimum Gasteiger partial charge on any atom is -0.497 e. The molecule has 3 aromatic rings. The van der Waals surface area contributed by atoms with Crippen molar-refractivity contribution in [3.05, 3.63) is 70.5 Å². The summed E-state index contributed by atoms with van der Waals surface area (Å²) in [4.78, 5) is 24.7. The smallest absolute Gasteiger partial charge is 0.222 e. The largest absolute Gasteiger partial charge is 0.497 e. The van der Waals surface area contributed by atoms with Crippen molar-refractivity contribution >= 4 is 11.7 Å². The molecule has 0 bridgehead atoms. The Balaban J connectivity index is 2.32. The molecule has 3 rings (SSSR count). The zero-order chi connectivity index (χ0) is 18.7. The van der Waals surface area contributed by atoms with Gasteiger partial charge in [-0.15, -0.1) is 0 Å². The lowest BCUT2D eigenvalue weighted by Gasteiger charge is -2.17. The molecule has 0 saturated heterocycles. The molecule has 0 saturated carbocycles. The summed E-state index contributed by atoms with van der Waals surface area (Å²) in [5.74, 6) is 0.739. The number of aryl methyl sites for hydroxylation is 1. The predicted molar refractivity (Wildman–Crippen MR) is 101 cm³/mol. The van der Waals surface area contributed by atoms with Gasteiger partial charge in [-0.2, -0.15) is 5.10 Å². The average molecular weight is 349 g/mol. The zero-order valence-corrected chi connectivity index (χ0v) is 14.8. The van der Waals surface area contributed by atoms with Gasteiger partial charge in [-0.3, -0.25) is 9.59 Å². The first-order valence-electron chi connectivity index (χ1n) is 8.12. The molecule has 0 radical (unpaired) electrons. The van der Waals surface area contributed by atoms with Crippen LogP contribution in [0.2, 0.25) is 0 Å². The van der Waals surface area contributed by atoms with E-state index in [1.165, 1.54) is 6.92 Å². The van der Waals surface area contributed by atoms with E-state index in [1.807, 2.05) is 30.3 Å². The molecule has 0 spiro atoms. The number of para-hydroxylation sites is 1. The Kier molecular flexibility index (Phi) is 4.84. The fourth-order valence-electron chi connectivity index (χ4n) is 2.70. The topological polar surface area (TPSA) is 73.2 Å². The number of rotatable bonds is 4. The number of aromatic nitrogens is 2. The molecule has 0 aliphatic heterocycles. The van der Waals surface area contributed by atoms with Crippen LogP contribution >= 0.6 is 0 Å². The van der Waals surface area contributed by atoms with Crippen LogP contribution in [-0.4, -0.2) is 22.8 Å². The minimum atomic E-state index is -0.283. The van der Waals surface area contributed by atoms with Crippen molar-refractivity contribution in [2.24, 2.45) is 0 Å². The quantitative estimate of drug-likeness (QED) is 0.785. The van der Waals surface area contributed by atoms with Crippen molar-refractivity contribution in [2.75, 3.05) is 12.4 Å². The van der Waals surface area contributed by atoms with E-state index >= 15 is 0 Å². The van der Waals surface area contributed by atoms with Crippen LogP contribution in [0, 0.1) is 6.92 Å². The van der Waals surface area contributed by atoms with Gasteiger partial charge in [0.05, 0.1) is 18.4 Å². The Bertz CT molecular complexity index is 993. The van der Waals surface area contributed by atoms with E-state index in [2.05, 4.69) is 10.4 Å². The highest BCUT2D eigenvalue weighted by atomic mass is 16.5. The van der Waals surface area contributed by atoms with Crippen molar-refractivity contribution in [3.8, 4) is 22.6 Å². The maximum atomic E-state index is 12.9. The van der Waals surface area contributed by atoms with Crippen LogP contribution in [-0.2, 0) is 4.79 Å². The van der Waals surface area contributed by atoms with Gasteiger partial charge < -0.3 is 10.1 Å². The maximum absolute atomic E-state index is 12.9. The number of nitrogens with zero attached hydrogens (tertiary/aromatic N) is 2. The maximum Gasteiger partial charge on any atom is 0.222 e. The Morgan fingerprint density at radius 2 is 1.73 bits per heavy atom. The third-order valence-electron chi connectivity index (χ3n) is 3.93. The summed E-state index contributed by atoms with van der Waals surface area (Å²) < 4.78 is 6.76. The van der Waals surface area contributed by atoms with E-state index in [1.54, 1.807) is 43.0 Å². The van der Waals surface area contributed by atoms with E-state index in [4.69, 9.17) is 4.74 Å². The summed E-state index contributed by atoms with van der Waals surface area (Å²) >= 11 is 0. The van der Waals surface area contributed by atoms with Crippen molar-refractivity contribution in [1.82, 2.24) is 9.78 Å². The van der Waals surface area contributed by atoms with Crippen molar-refractivity contribution in [3.63, 3.8) is 0 Å². The van der Waals surface area contributed by atoms with Crippen molar-refractivity contribution in [2.45, 2.75) is 13.8 Å². The molecule has 26 heavy (non-hydrogen) atoms. The second-order valence-corrected chi connectivity index (χ2v) is 5.80. The third kappa shape index (κ3) is 3.35. The number of carbonyl (C=O) groups excluding carboxylic acids is 1. The number of hydrogen-bond acceptors (Lipinski definition) is 4. The standard InChI is InChI=1S/C20H19N3O3/c1-13-19(25)18(15-9-11-17(26-3)12-10-15)20(21-14(2)24)23(22-13)16-7-5-4-6-8-16/h4-12H,1-3H3,(H,21,24). The van der Waals surface area contributed by atoms with Crippen LogP contribution in [0.25, 0.3) is 16.8 Å². The summed E-state index contributed by atoms with van der Waals surface area (Å²) in [6.45, 7) is 3.06. The Labute approximate surface area is 151 Å². The van der Waals surface area contributed by atoms with Gasteiger partial charge in [0.15, 0.2) is 0 Å². The first-order valence-corrected chi connectivity index (χ1v) is 8.12. The molecule has 6 heteroatoms. The van der Waals surface area contributed by atoms with Crippen LogP contribution in [0.4, 0.5) is 5.82 Å². The van der Waals surface area contributed by atoms with Gasteiger partial charge in [-0.05, 0) is 36.8 Å². The first kappa shape index (κ1) is 17.4. The zero-order valence-electron chi connectivity index (χ0n) is 14.8. The molecular weight excluding hydrogens is 330 g/mol. The fourth-order valence-corrected chi connectivity index (χ4v) is 2.70. The number of hydrogen-bond donors (Lipinski definition) is 1. The van der Waals surface area contributed by atoms with E-state index < -0.39 is 0 Å². The van der Waals surface area contributed by atoms with Gasteiger partial charge in [0.25, 0.3) is 0 Å². The SMILES string of the molecule is COc1ccc(-c2c(NC(C)=O)n(-c3ccccc3)nc(C)c2=O)cc1. The molecule has 1 N–H and O–H groups in total. The molecule has 1 heterocycles. The van der Waals surface area contributed by atoms with Gasteiger partial charge in [0.2, 0.25) is 11.3 Å². The monoisotopic (exact) mass is 349 g/mol. The highest BCUT2D eigenvalue weighted by Gasteiger charge is 2.19. The molecule has 6 nitrogen and oxygen atoms in total. The molecule has 0 atom stereocenters. The molecule has 0 aliphatic rings. The molecule has 132 valence electrons. The normalized spacial score (nSPS) is 10.4. The summed E-state index contributed by atoms with van der Waals surface area (Å²) in [5.41, 5.74) is 1.92. The highest BCUT2D eigenvalue weighted by Crippen LogP contribution is 2.28. The van der Waals surface area contributed by atoms with Crippen LogP contribution in [0.3, 0.4) is 0 Å². The Morgan fingerprint density at radius 3 is 2.31 bits per heavy atom. The first-order chi connectivity index (χ1) is 12.5. The Morgan fingerprint density at radius 1 is 1.08 bits per heavy atom. The second kappa shape index (κ2) is 7.23. The molecule has 1 amide bonds. The summed E-state index contributed by atoms with van der Waals surface area (Å²) in [6.07, 6.45) is 0. The van der Waals surface area contributed by atoms with Crippen LogP contribution in [0.15, 0.2) is 59.4 Å². The molecular formula is C20H19N3O3. The summed E-state index contributed by atoms with van der Waals surface area (Å²) in [6, 6.07) is 16.5. The van der Waals surface area contributed by atoms with Crippen molar-refractivity contribution < 1.29 is 9.53 Å². The second-order valence-electron chi connectivity index (χ2n) is 5.80. The number of nitrogens with one attached hydrogen (secondary N) is 1. The van der Waals surface area contributed by atoms with Gasteiger partial charge in [0.1, 0.15) is 17.3 Å². The van der Waals surface area contributed by atoms with Gasteiger partial charge in [-0.1, -0.05) is 30.3 Å². The van der Waals surface area contributed by atoms with E-state index in [0.29, 0.717) is 28.4 Å². The number of carbonyl (C=O) groups is 1.